The van der Waals surface area contributed by atoms with Crippen molar-refractivity contribution < 1.29 is 0 Å². The molecule has 0 radical (unpaired) electrons. The molecule has 8 nitrogen and oxygen atoms in total. The predicted octanol–water partition coefficient (Wildman–Crippen LogP) is 1.80. The molecule has 2 aromatic heterocycles. The van der Waals surface area contributed by atoms with Crippen LogP contribution in [0.3, 0.4) is 0 Å². The minimum Gasteiger partial charge on any atom is -0.383 e. The number of nitrogens with two attached hydrogens (primary N) is 2. The fourth-order valence-corrected chi connectivity index (χ4v) is 2.00. The Balaban J connectivity index is 2.20. The molecule has 0 atom stereocenters. The van der Waals surface area contributed by atoms with Gasteiger partial charge in [-0.05, 0) is 5.92 Å². The zero-order valence-electron chi connectivity index (χ0n) is 11.8. The Hall–Kier alpha value is -2.35. The molecule has 21 heavy (non-hydrogen) atoms. The van der Waals surface area contributed by atoms with Crippen molar-refractivity contribution in [2.24, 2.45) is 5.92 Å². The summed E-state index contributed by atoms with van der Waals surface area (Å²) in [7, 11) is 0. The number of rotatable bonds is 5. The van der Waals surface area contributed by atoms with Crippen LogP contribution in [0.1, 0.15) is 19.4 Å². The molecule has 2 rings (SSSR count). The summed E-state index contributed by atoms with van der Waals surface area (Å²) in [5.74, 6) is 0.837. The number of nitrogen functional groups attached to an aromatic ring is 2. The van der Waals surface area contributed by atoms with E-state index in [1.807, 2.05) is 10.9 Å². The summed E-state index contributed by atoms with van der Waals surface area (Å²) in [6.07, 6.45) is 3.50. The van der Waals surface area contributed by atoms with Crippen molar-refractivity contribution in [1.29, 1.82) is 5.41 Å². The van der Waals surface area contributed by atoms with Gasteiger partial charge in [0.15, 0.2) is 0 Å². The lowest BCUT2D eigenvalue weighted by Gasteiger charge is -2.08. The van der Waals surface area contributed by atoms with E-state index in [4.69, 9.17) is 28.5 Å². The Kier molecular flexibility index (Phi) is 4.27. The van der Waals surface area contributed by atoms with E-state index in [2.05, 4.69) is 34.2 Å². The number of hydrogen-bond donors (Lipinski definition) is 4. The first-order valence-corrected chi connectivity index (χ1v) is 6.71. The van der Waals surface area contributed by atoms with Gasteiger partial charge in [-0.3, -0.25) is 10.1 Å². The lowest BCUT2D eigenvalue weighted by atomic mass is 10.2. The zero-order valence-corrected chi connectivity index (χ0v) is 12.5. The number of aromatic nitrogens is 4. The van der Waals surface area contributed by atoms with Crippen LogP contribution < -0.4 is 16.8 Å². The molecule has 0 aliphatic carbocycles. The summed E-state index contributed by atoms with van der Waals surface area (Å²) >= 11 is 5.59. The molecule has 0 saturated carbocycles. The van der Waals surface area contributed by atoms with Gasteiger partial charge in [-0.25, -0.2) is 0 Å². The summed E-state index contributed by atoms with van der Waals surface area (Å²) in [4.78, 5) is 8.07. The van der Waals surface area contributed by atoms with Gasteiger partial charge >= 0.3 is 0 Å². The van der Waals surface area contributed by atoms with Crippen molar-refractivity contribution in [2.45, 2.75) is 20.4 Å². The maximum atomic E-state index is 7.37. The van der Waals surface area contributed by atoms with Crippen LogP contribution in [0.5, 0.6) is 0 Å². The lowest BCUT2D eigenvalue weighted by Crippen LogP contribution is -2.10. The van der Waals surface area contributed by atoms with Gasteiger partial charge in [0.2, 0.25) is 5.95 Å². The molecule has 0 amide bonds. The topological polar surface area (TPSA) is 132 Å². The molecule has 0 spiro atoms. The quantitative estimate of drug-likeness (QED) is 0.623. The van der Waals surface area contributed by atoms with Crippen molar-refractivity contribution in [1.82, 2.24) is 19.7 Å². The third kappa shape index (κ3) is 3.60. The zero-order chi connectivity index (χ0) is 15.6. The molecule has 2 aromatic rings. The van der Waals surface area contributed by atoms with E-state index in [0.717, 1.165) is 12.2 Å². The first-order valence-electron chi connectivity index (χ1n) is 6.33. The van der Waals surface area contributed by atoms with Gasteiger partial charge in [-0.15, -0.1) is 0 Å². The van der Waals surface area contributed by atoms with E-state index in [1.54, 1.807) is 6.20 Å². The monoisotopic (exact) mass is 308 g/mol. The van der Waals surface area contributed by atoms with Gasteiger partial charge in [-0.2, -0.15) is 15.1 Å². The summed E-state index contributed by atoms with van der Waals surface area (Å²) in [6, 6.07) is 0. The Bertz CT molecular complexity index is 640. The first kappa shape index (κ1) is 15.0. The number of hydrogen-bond acceptors (Lipinski definition) is 7. The standard InChI is InChI=1S/C12H17ClN8/c1-6(2)4-21-5-7(3-17-21)18-12-19-10(15)8(9(13)14)11(16)20-12/h3,5-6,14H,4H2,1-2H3,(H5,15,16,18,19,20). The van der Waals surface area contributed by atoms with Crippen molar-refractivity contribution >= 4 is 40.0 Å². The Labute approximate surface area is 127 Å². The van der Waals surface area contributed by atoms with Crippen LogP contribution in [-0.2, 0) is 6.54 Å². The molecule has 0 aliphatic rings. The second-order valence-corrected chi connectivity index (χ2v) is 5.35. The van der Waals surface area contributed by atoms with Gasteiger partial charge in [0.05, 0.1) is 17.4 Å². The largest absolute Gasteiger partial charge is 0.383 e. The van der Waals surface area contributed by atoms with E-state index in [1.165, 1.54) is 0 Å². The number of nitrogens with one attached hydrogen (secondary N) is 2. The van der Waals surface area contributed by atoms with Crippen molar-refractivity contribution in [3.05, 3.63) is 18.0 Å². The predicted molar refractivity (Wildman–Crippen MR) is 83.9 cm³/mol. The van der Waals surface area contributed by atoms with E-state index in [0.29, 0.717) is 5.92 Å². The minimum absolute atomic E-state index is 0.0552. The van der Waals surface area contributed by atoms with Crippen LogP contribution in [0.15, 0.2) is 12.4 Å². The smallest absolute Gasteiger partial charge is 0.231 e. The van der Waals surface area contributed by atoms with Gasteiger partial charge < -0.3 is 16.8 Å². The molecule has 0 unspecified atom stereocenters. The summed E-state index contributed by atoms with van der Waals surface area (Å²) < 4.78 is 1.82. The van der Waals surface area contributed by atoms with Gasteiger partial charge in [0.25, 0.3) is 0 Å². The second-order valence-electron chi connectivity index (χ2n) is 4.98. The highest BCUT2D eigenvalue weighted by Crippen LogP contribution is 2.21. The minimum atomic E-state index is -0.290. The Morgan fingerprint density at radius 2 is 2.00 bits per heavy atom. The Morgan fingerprint density at radius 3 is 2.52 bits per heavy atom. The summed E-state index contributed by atoms with van der Waals surface area (Å²) in [5.41, 5.74) is 12.3. The van der Waals surface area contributed by atoms with Crippen molar-refractivity contribution in [3.63, 3.8) is 0 Å². The van der Waals surface area contributed by atoms with Crippen LogP contribution in [0.25, 0.3) is 0 Å². The van der Waals surface area contributed by atoms with Crippen molar-refractivity contribution in [2.75, 3.05) is 16.8 Å². The highest BCUT2D eigenvalue weighted by molar-refractivity contribution is 6.69. The average molecular weight is 309 g/mol. The fourth-order valence-electron chi connectivity index (χ4n) is 1.81. The molecule has 6 N–H and O–H groups in total. The third-order valence-electron chi connectivity index (χ3n) is 2.63. The van der Waals surface area contributed by atoms with Crippen LogP contribution in [0.4, 0.5) is 23.3 Å². The summed E-state index contributed by atoms with van der Waals surface area (Å²) in [5, 5.41) is 14.3. The number of anilines is 4. The van der Waals surface area contributed by atoms with Crippen LogP contribution in [0.2, 0.25) is 0 Å². The second kappa shape index (κ2) is 5.96. The van der Waals surface area contributed by atoms with Gasteiger partial charge in [0, 0.05) is 12.7 Å². The molecular formula is C12H17ClN8. The number of nitrogens with zero attached hydrogens (tertiary/aromatic N) is 4. The van der Waals surface area contributed by atoms with E-state index in [9.17, 15) is 0 Å². The third-order valence-corrected chi connectivity index (χ3v) is 2.82. The summed E-state index contributed by atoms with van der Waals surface area (Å²) in [6.45, 7) is 5.04. The molecule has 0 aliphatic heterocycles. The average Bonchev–Trinajstić information content (AvgIpc) is 2.73. The molecule has 112 valence electrons. The van der Waals surface area contributed by atoms with Crippen LogP contribution in [-0.4, -0.2) is 24.9 Å². The van der Waals surface area contributed by atoms with E-state index >= 15 is 0 Å². The normalized spacial score (nSPS) is 10.9. The Morgan fingerprint density at radius 1 is 1.38 bits per heavy atom. The number of halogens is 1. The molecule has 9 heteroatoms. The van der Waals surface area contributed by atoms with Gasteiger partial charge in [0.1, 0.15) is 16.8 Å². The van der Waals surface area contributed by atoms with Crippen LogP contribution >= 0.6 is 11.6 Å². The molecule has 0 aromatic carbocycles. The molecule has 2 heterocycles. The fraction of sp³-hybridized carbons (Fsp3) is 0.333. The van der Waals surface area contributed by atoms with E-state index in [-0.39, 0.29) is 28.3 Å². The molecule has 0 saturated heterocycles. The highest BCUT2D eigenvalue weighted by Gasteiger charge is 2.13. The molecule has 0 fully saturated rings. The van der Waals surface area contributed by atoms with Gasteiger partial charge in [-0.1, -0.05) is 25.4 Å². The maximum absolute atomic E-state index is 7.37. The van der Waals surface area contributed by atoms with E-state index < -0.39 is 0 Å². The first-order chi connectivity index (χ1) is 9.86. The highest BCUT2D eigenvalue weighted by atomic mass is 35.5. The maximum Gasteiger partial charge on any atom is 0.231 e. The SMILES string of the molecule is CC(C)Cn1cc(Nc2nc(N)c(C(=N)Cl)c(N)n2)cn1. The molecular weight excluding hydrogens is 292 g/mol. The van der Waals surface area contributed by atoms with Crippen molar-refractivity contribution in [3.8, 4) is 0 Å². The molecule has 0 bridgehead atoms. The lowest BCUT2D eigenvalue weighted by molar-refractivity contribution is 0.483. The van der Waals surface area contributed by atoms with Crippen LogP contribution in [0, 0.1) is 11.3 Å².